The van der Waals surface area contributed by atoms with Crippen LogP contribution in [-0.4, -0.2) is 30.5 Å². The van der Waals surface area contributed by atoms with E-state index in [0.717, 1.165) is 12.0 Å². The molecule has 0 heterocycles. The van der Waals surface area contributed by atoms with E-state index in [1.807, 2.05) is 26.8 Å². The van der Waals surface area contributed by atoms with Crippen LogP contribution in [0.5, 0.6) is 0 Å². The van der Waals surface area contributed by atoms with Crippen LogP contribution in [0.15, 0.2) is 36.6 Å². The van der Waals surface area contributed by atoms with Gasteiger partial charge in [0.25, 0.3) is 0 Å². The van der Waals surface area contributed by atoms with Gasteiger partial charge in [0.2, 0.25) is 0 Å². The zero-order valence-electron chi connectivity index (χ0n) is 14.3. The van der Waals surface area contributed by atoms with E-state index in [0.29, 0.717) is 0 Å². The molecular weight excluding hydrogens is 264 g/mol. The Balaban J connectivity index is 5.72. The van der Waals surface area contributed by atoms with Gasteiger partial charge in [0.15, 0.2) is 0 Å². The number of aliphatic hydroxyl groups is 1. The second-order valence-electron chi connectivity index (χ2n) is 7.62. The van der Waals surface area contributed by atoms with Gasteiger partial charge in [-0.1, -0.05) is 37.5 Å². The highest BCUT2D eigenvalue weighted by Gasteiger charge is 2.36. The van der Waals surface area contributed by atoms with Crippen LogP contribution in [0.4, 0.5) is 0 Å². The van der Waals surface area contributed by atoms with E-state index in [4.69, 9.17) is 4.74 Å². The fourth-order valence-corrected chi connectivity index (χ4v) is 3.38. The molecule has 0 fully saturated rings. The number of ether oxygens (including phenoxy) is 1. The van der Waals surface area contributed by atoms with Gasteiger partial charge in [-0.15, -0.1) is 13.2 Å². The summed E-state index contributed by atoms with van der Waals surface area (Å²) in [5, 5.41) is 10.6. The summed E-state index contributed by atoms with van der Waals surface area (Å²) in [6, 6.07) is 0. The SMILES string of the molecule is C=CC/C(=C\[Si](C)(C)C)[C@@H](OC(C)(C)C)[C@](C)(O)C=C. The van der Waals surface area contributed by atoms with Crippen molar-refractivity contribution in [2.75, 3.05) is 0 Å². The lowest BCUT2D eigenvalue weighted by Gasteiger charge is -2.38. The minimum absolute atomic E-state index is 0.336. The molecule has 0 bridgehead atoms. The Morgan fingerprint density at radius 1 is 1.20 bits per heavy atom. The lowest BCUT2D eigenvalue weighted by molar-refractivity contribution is -0.116. The minimum Gasteiger partial charge on any atom is -0.383 e. The third-order valence-electron chi connectivity index (χ3n) is 2.75. The number of rotatable bonds is 7. The molecule has 2 atom stereocenters. The third-order valence-corrected chi connectivity index (χ3v) is 3.99. The summed E-state index contributed by atoms with van der Waals surface area (Å²) in [5.74, 6) is 0. The maximum absolute atomic E-state index is 10.6. The van der Waals surface area contributed by atoms with Crippen molar-refractivity contribution in [3.63, 3.8) is 0 Å². The van der Waals surface area contributed by atoms with Crippen LogP contribution in [0.25, 0.3) is 0 Å². The van der Waals surface area contributed by atoms with Crippen LogP contribution in [0.3, 0.4) is 0 Å². The summed E-state index contributed by atoms with van der Waals surface area (Å²) < 4.78 is 6.14. The number of hydrogen-bond acceptors (Lipinski definition) is 2. The van der Waals surface area contributed by atoms with Crippen LogP contribution in [0, 0.1) is 0 Å². The van der Waals surface area contributed by atoms with Gasteiger partial charge in [0, 0.05) is 0 Å². The molecule has 116 valence electrons. The highest BCUT2D eigenvalue weighted by atomic mass is 28.3. The quantitative estimate of drug-likeness (QED) is 0.554. The fourth-order valence-electron chi connectivity index (χ4n) is 2.00. The van der Waals surface area contributed by atoms with Crippen LogP contribution in [-0.2, 0) is 4.74 Å². The maximum atomic E-state index is 10.6. The fraction of sp³-hybridized carbons (Fsp3) is 0.647. The van der Waals surface area contributed by atoms with Crippen LogP contribution in [0.2, 0.25) is 19.6 Å². The van der Waals surface area contributed by atoms with E-state index in [9.17, 15) is 5.11 Å². The van der Waals surface area contributed by atoms with Crippen LogP contribution in [0.1, 0.15) is 34.1 Å². The number of allylic oxidation sites excluding steroid dienone is 1. The topological polar surface area (TPSA) is 29.5 Å². The predicted molar refractivity (Wildman–Crippen MR) is 91.7 cm³/mol. The summed E-state index contributed by atoms with van der Waals surface area (Å²) in [6.07, 6.45) is 3.74. The molecule has 0 rings (SSSR count). The molecule has 0 unspecified atom stereocenters. The highest BCUT2D eigenvalue weighted by molar-refractivity contribution is 6.81. The molecule has 0 saturated heterocycles. The van der Waals surface area contributed by atoms with Crippen molar-refractivity contribution >= 4 is 8.07 Å². The van der Waals surface area contributed by atoms with Crippen molar-refractivity contribution in [3.05, 3.63) is 36.6 Å². The molecule has 0 aliphatic carbocycles. The summed E-state index contributed by atoms with van der Waals surface area (Å²) in [6.45, 7) is 22.1. The summed E-state index contributed by atoms with van der Waals surface area (Å²) in [4.78, 5) is 0. The standard InChI is InChI=1S/C17H32O2Si/c1-10-12-14(13-20(7,8)9)15(17(6,18)11-2)19-16(3,4)5/h10-11,13,15,18H,1-2,12H2,3-9H3/b14-13+/t15-,17-/m1/s1. The van der Waals surface area contributed by atoms with Crippen molar-refractivity contribution in [1.29, 1.82) is 0 Å². The summed E-state index contributed by atoms with van der Waals surface area (Å²) in [5.41, 5.74) is 1.96. The van der Waals surface area contributed by atoms with E-state index in [-0.39, 0.29) is 5.60 Å². The molecule has 1 N–H and O–H groups in total. The van der Waals surface area contributed by atoms with Gasteiger partial charge in [-0.3, -0.25) is 0 Å². The first kappa shape index (κ1) is 19.4. The van der Waals surface area contributed by atoms with E-state index >= 15 is 0 Å². The highest BCUT2D eigenvalue weighted by Crippen LogP contribution is 2.30. The lowest BCUT2D eigenvalue weighted by atomic mass is 9.91. The van der Waals surface area contributed by atoms with Gasteiger partial charge in [-0.2, -0.15) is 0 Å². The normalized spacial score (nSPS) is 18.3. The molecule has 0 aromatic carbocycles. The smallest absolute Gasteiger partial charge is 0.111 e. The molecule has 3 heteroatoms. The Labute approximate surface area is 126 Å². The molecule has 0 spiro atoms. The molecular formula is C17H32O2Si. The monoisotopic (exact) mass is 296 g/mol. The van der Waals surface area contributed by atoms with Gasteiger partial charge in [0.05, 0.1) is 13.7 Å². The molecule has 0 aliphatic heterocycles. The zero-order chi connectivity index (χ0) is 16.2. The molecule has 0 radical (unpaired) electrons. The zero-order valence-corrected chi connectivity index (χ0v) is 15.3. The summed E-state index contributed by atoms with van der Waals surface area (Å²) in [7, 11) is -1.42. The molecule has 20 heavy (non-hydrogen) atoms. The van der Waals surface area contributed by atoms with Gasteiger partial charge >= 0.3 is 0 Å². The second-order valence-corrected chi connectivity index (χ2v) is 12.6. The molecule has 0 saturated carbocycles. The predicted octanol–water partition coefficient (Wildman–Crippen LogP) is 4.49. The van der Waals surface area contributed by atoms with Gasteiger partial charge in [-0.25, -0.2) is 0 Å². The molecule has 0 aromatic heterocycles. The van der Waals surface area contributed by atoms with Gasteiger partial charge < -0.3 is 9.84 Å². The first-order valence-corrected chi connectivity index (χ1v) is 10.8. The Bertz CT molecular complexity index is 367. The largest absolute Gasteiger partial charge is 0.383 e. The van der Waals surface area contributed by atoms with Crippen molar-refractivity contribution in [2.24, 2.45) is 0 Å². The average Bonchev–Trinajstić information content (AvgIpc) is 2.22. The van der Waals surface area contributed by atoms with Gasteiger partial charge in [-0.05, 0) is 39.7 Å². The first-order valence-electron chi connectivity index (χ1n) is 7.19. The van der Waals surface area contributed by atoms with Crippen molar-refractivity contribution in [2.45, 2.75) is 71.1 Å². The molecule has 0 aliphatic rings. The van der Waals surface area contributed by atoms with Crippen molar-refractivity contribution < 1.29 is 9.84 Å². The Morgan fingerprint density at radius 2 is 1.70 bits per heavy atom. The van der Waals surface area contributed by atoms with Crippen molar-refractivity contribution in [3.8, 4) is 0 Å². The lowest BCUT2D eigenvalue weighted by Crippen LogP contribution is -2.45. The Hall–Kier alpha value is -0.643. The second kappa shape index (κ2) is 6.88. The van der Waals surface area contributed by atoms with E-state index < -0.39 is 19.8 Å². The maximum Gasteiger partial charge on any atom is 0.111 e. The van der Waals surface area contributed by atoms with Crippen LogP contribution >= 0.6 is 0 Å². The molecule has 2 nitrogen and oxygen atoms in total. The molecule has 0 amide bonds. The number of hydrogen-bond donors (Lipinski definition) is 1. The van der Waals surface area contributed by atoms with Gasteiger partial charge in [0.1, 0.15) is 11.7 Å². The third kappa shape index (κ3) is 7.22. The Kier molecular flexibility index (Phi) is 6.66. The van der Waals surface area contributed by atoms with Crippen molar-refractivity contribution in [1.82, 2.24) is 0 Å². The summed E-state index contributed by atoms with van der Waals surface area (Å²) >= 11 is 0. The first-order chi connectivity index (χ1) is 8.82. The molecule has 0 aromatic rings. The van der Waals surface area contributed by atoms with Crippen LogP contribution < -0.4 is 0 Å². The van der Waals surface area contributed by atoms with E-state index in [2.05, 4.69) is 38.5 Å². The average molecular weight is 297 g/mol. The minimum atomic E-state index is -1.42. The van der Waals surface area contributed by atoms with E-state index in [1.165, 1.54) is 0 Å². The Morgan fingerprint density at radius 3 is 2.00 bits per heavy atom. The van der Waals surface area contributed by atoms with E-state index in [1.54, 1.807) is 13.0 Å².